The summed E-state index contributed by atoms with van der Waals surface area (Å²) in [5.41, 5.74) is -0.320. The molecule has 2 rings (SSSR count). The molecule has 8 heteroatoms. The predicted octanol–water partition coefficient (Wildman–Crippen LogP) is 2.32. The van der Waals surface area contributed by atoms with Crippen LogP contribution in [0.4, 0.5) is 0 Å². The van der Waals surface area contributed by atoms with E-state index in [2.05, 4.69) is 5.32 Å². The van der Waals surface area contributed by atoms with Gasteiger partial charge in [0.1, 0.15) is 0 Å². The maximum Gasteiger partial charge on any atom is 0.338 e. The minimum absolute atomic E-state index is 0.0676. The summed E-state index contributed by atoms with van der Waals surface area (Å²) in [5.74, 6) is -1.14. The Hall–Kier alpha value is -1.93. The molecule has 0 aromatic heterocycles. The number of rotatable bonds is 5. The Kier molecular flexibility index (Phi) is 7.00. The van der Waals surface area contributed by atoms with E-state index in [1.807, 2.05) is 20.8 Å². The summed E-state index contributed by atoms with van der Waals surface area (Å²) < 4.78 is 32.2. The molecule has 0 unspecified atom stereocenters. The zero-order valence-corrected chi connectivity index (χ0v) is 17.0. The lowest BCUT2D eigenvalue weighted by atomic mass is 10.1. The Morgan fingerprint density at radius 2 is 1.74 bits per heavy atom. The number of benzene rings is 1. The summed E-state index contributed by atoms with van der Waals surface area (Å²) >= 11 is 0. The second kappa shape index (κ2) is 8.84. The number of nitrogens with zero attached hydrogens (tertiary/aromatic N) is 1. The van der Waals surface area contributed by atoms with Crippen molar-refractivity contribution in [3.63, 3.8) is 0 Å². The molecular weight excluding hydrogens is 368 g/mol. The molecule has 0 aliphatic carbocycles. The number of ether oxygens (including phenoxy) is 1. The van der Waals surface area contributed by atoms with Crippen LogP contribution >= 0.6 is 0 Å². The summed E-state index contributed by atoms with van der Waals surface area (Å²) in [4.78, 5) is 24.1. The van der Waals surface area contributed by atoms with Crippen molar-refractivity contribution in [3.05, 3.63) is 29.8 Å². The molecule has 1 aliphatic rings. The maximum absolute atomic E-state index is 12.8. The van der Waals surface area contributed by atoms with Crippen LogP contribution in [0.5, 0.6) is 0 Å². The number of carbonyl (C=O) groups excluding carboxylic acids is 2. The molecule has 1 N–H and O–H groups in total. The quantitative estimate of drug-likeness (QED) is 0.771. The van der Waals surface area contributed by atoms with Gasteiger partial charge in [0.05, 0.1) is 10.5 Å². The predicted molar refractivity (Wildman–Crippen MR) is 102 cm³/mol. The maximum atomic E-state index is 12.8. The van der Waals surface area contributed by atoms with Crippen molar-refractivity contribution in [2.45, 2.75) is 56.9 Å². The molecule has 1 saturated heterocycles. The van der Waals surface area contributed by atoms with E-state index in [-0.39, 0.29) is 10.5 Å². The van der Waals surface area contributed by atoms with Gasteiger partial charge in [-0.3, -0.25) is 4.79 Å². The zero-order chi connectivity index (χ0) is 20.1. The summed E-state index contributed by atoms with van der Waals surface area (Å²) in [6, 6.07) is 5.77. The van der Waals surface area contributed by atoms with Gasteiger partial charge in [-0.15, -0.1) is 0 Å². The highest BCUT2D eigenvalue weighted by Gasteiger charge is 2.26. The van der Waals surface area contributed by atoms with Gasteiger partial charge in [0.2, 0.25) is 10.0 Å². The first-order valence-corrected chi connectivity index (χ1v) is 10.6. The van der Waals surface area contributed by atoms with E-state index in [1.54, 1.807) is 0 Å². The van der Waals surface area contributed by atoms with Crippen LogP contribution in [0.15, 0.2) is 29.2 Å². The van der Waals surface area contributed by atoms with E-state index >= 15 is 0 Å². The largest absolute Gasteiger partial charge is 0.452 e. The number of nitrogens with one attached hydrogen (secondary N) is 1. The van der Waals surface area contributed by atoms with Crippen molar-refractivity contribution in [3.8, 4) is 0 Å². The molecule has 0 saturated carbocycles. The molecule has 0 bridgehead atoms. The molecule has 7 nitrogen and oxygen atoms in total. The number of hydrogen-bond donors (Lipinski definition) is 1. The van der Waals surface area contributed by atoms with Gasteiger partial charge in [-0.2, -0.15) is 4.31 Å². The molecule has 0 radical (unpaired) electrons. The van der Waals surface area contributed by atoms with E-state index in [9.17, 15) is 18.0 Å². The van der Waals surface area contributed by atoms with Crippen LogP contribution in [0.2, 0.25) is 0 Å². The Morgan fingerprint density at radius 3 is 2.33 bits per heavy atom. The fourth-order valence-corrected chi connectivity index (χ4v) is 4.45. The molecule has 27 heavy (non-hydrogen) atoms. The fraction of sp³-hybridized carbons (Fsp3) is 0.579. The van der Waals surface area contributed by atoms with Crippen molar-refractivity contribution >= 4 is 21.9 Å². The Labute approximate surface area is 161 Å². The standard InChI is InChI=1S/C19H28N2O5S/c1-19(2,3)20-17(22)14-26-18(23)15-9-8-10-16(13-15)27(24,25)21-11-6-4-5-7-12-21/h8-10,13H,4-7,11-12,14H2,1-3H3,(H,20,22). The molecule has 150 valence electrons. The van der Waals surface area contributed by atoms with Gasteiger partial charge < -0.3 is 10.1 Å². The summed E-state index contributed by atoms with van der Waals surface area (Å²) in [5, 5.41) is 2.69. The van der Waals surface area contributed by atoms with Crippen molar-refractivity contribution in [1.29, 1.82) is 0 Å². The van der Waals surface area contributed by atoms with Crippen molar-refractivity contribution in [2.75, 3.05) is 19.7 Å². The number of hydrogen-bond acceptors (Lipinski definition) is 5. The van der Waals surface area contributed by atoms with Crippen LogP contribution in [-0.4, -0.2) is 49.8 Å². The van der Waals surface area contributed by atoms with E-state index in [0.29, 0.717) is 13.1 Å². The third-order valence-corrected chi connectivity index (χ3v) is 6.02. The number of amides is 1. The Bertz CT molecular complexity index is 776. The van der Waals surface area contributed by atoms with Crippen LogP contribution in [0.1, 0.15) is 56.8 Å². The lowest BCUT2D eigenvalue weighted by Crippen LogP contribution is -2.42. The Morgan fingerprint density at radius 1 is 1.11 bits per heavy atom. The minimum atomic E-state index is -3.65. The minimum Gasteiger partial charge on any atom is -0.452 e. The highest BCUT2D eigenvalue weighted by Crippen LogP contribution is 2.21. The van der Waals surface area contributed by atoms with Crippen LogP contribution in [0.25, 0.3) is 0 Å². The summed E-state index contributed by atoms with van der Waals surface area (Å²) in [6.45, 7) is 6.03. The molecule has 1 aromatic carbocycles. The summed E-state index contributed by atoms with van der Waals surface area (Å²) in [7, 11) is -3.65. The van der Waals surface area contributed by atoms with Crippen LogP contribution in [-0.2, 0) is 19.6 Å². The second-order valence-electron chi connectivity index (χ2n) is 7.72. The van der Waals surface area contributed by atoms with Gasteiger partial charge in [0.25, 0.3) is 5.91 Å². The third-order valence-electron chi connectivity index (χ3n) is 4.12. The first kappa shape index (κ1) is 21.4. The molecule has 1 amide bonds. The van der Waals surface area contributed by atoms with Gasteiger partial charge >= 0.3 is 5.97 Å². The van der Waals surface area contributed by atoms with Gasteiger partial charge in [-0.05, 0) is 51.8 Å². The third kappa shape index (κ3) is 6.32. The SMILES string of the molecule is CC(C)(C)NC(=O)COC(=O)c1cccc(S(=O)(=O)N2CCCCCC2)c1. The van der Waals surface area contributed by atoms with E-state index in [1.165, 1.54) is 28.6 Å². The summed E-state index contributed by atoms with van der Waals surface area (Å²) in [6.07, 6.45) is 3.72. The molecule has 0 spiro atoms. The van der Waals surface area contributed by atoms with E-state index in [4.69, 9.17) is 4.74 Å². The lowest BCUT2D eigenvalue weighted by Gasteiger charge is -2.20. The van der Waals surface area contributed by atoms with Crippen molar-refractivity contribution < 1.29 is 22.7 Å². The average molecular weight is 397 g/mol. The zero-order valence-electron chi connectivity index (χ0n) is 16.2. The smallest absolute Gasteiger partial charge is 0.338 e. The number of sulfonamides is 1. The normalized spacial score (nSPS) is 16.4. The second-order valence-corrected chi connectivity index (χ2v) is 9.66. The number of carbonyl (C=O) groups is 2. The van der Waals surface area contributed by atoms with Gasteiger partial charge in [-0.25, -0.2) is 13.2 Å². The molecule has 1 heterocycles. The Balaban J connectivity index is 2.07. The van der Waals surface area contributed by atoms with Gasteiger partial charge in [0.15, 0.2) is 6.61 Å². The topological polar surface area (TPSA) is 92.8 Å². The lowest BCUT2D eigenvalue weighted by molar-refractivity contribution is -0.125. The monoisotopic (exact) mass is 396 g/mol. The number of esters is 1. The van der Waals surface area contributed by atoms with Crippen LogP contribution < -0.4 is 5.32 Å². The molecular formula is C19H28N2O5S. The molecule has 1 aromatic rings. The molecule has 1 fully saturated rings. The molecule has 1 aliphatic heterocycles. The molecule has 0 atom stereocenters. The highest BCUT2D eigenvalue weighted by molar-refractivity contribution is 7.89. The van der Waals surface area contributed by atoms with Gasteiger partial charge in [-0.1, -0.05) is 18.9 Å². The first-order chi connectivity index (χ1) is 12.6. The van der Waals surface area contributed by atoms with Gasteiger partial charge in [0, 0.05) is 18.6 Å². The van der Waals surface area contributed by atoms with Crippen LogP contribution in [0, 0.1) is 0 Å². The van der Waals surface area contributed by atoms with Crippen LogP contribution in [0.3, 0.4) is 0 Å². The van der Waals surface area contributed by atoms with Crippen molar-refractivity contribution in [1.82, 2.24) is 9.62 Å². The fourth-order valence-electron chi connectivity index (χ4n) is 2.88. The highest BCUT2D eigenvalue weighted by atomic mass is 32.2. The average Bonchev–Trinajstić information content (AvgIpc) is 2.88. The van der Waals surface area contributed by atoms with E-state index < -0.39 is 34.0 Å². The van der Waals surface area contributed by atoms with E-state index in [0.717, 1.165) is 25.7 Å². The van der Waals surface area contributed by atoms with Crippen molar-refractivity contribution in [2.24, 2.45) is 0 Å². The first-order valence-electron chi connectivity index (χ1n) is 9.18.